The number of carbonyl (C=O) groups excluding carboxylic acids is 1. The number of benzene rings is 2. The SMILES string of the molecule is CCOC(=O)/C(=N\Nc1ccccc1)c1ccc(N(C)C)cc1. The molecule has 1 N–H and O–H groups in total. The maximum Gasteiger partial charge on any atom is 0.359 e. The van der Waals surface area contributed by atoms with Gasteiger partial charge in [0.05, 0.1) is 12.3 Å². The molecule has 0 aromatic heterocycles. The fourth-order valence-corrected chi connectivity index (χ4v) is 1.98. The smallest absolute Gasteiger partial charge is 0.359 e. The van der Waals surface area contributed by atoms with Crippen LogP contribution in [0.25, 0.3) is 0 Å². The normalized spacial score (nSPS) is 11.0. The lowest BCUT2D eigenvalue weighted by molar-refractivity contribution is -0.134. The lowest BCUT2D eigenvalue weighted by Crippen LogP contribution is -2.20. The average Bonchev–Trinajstić information content (AvgIpc) is 2.56. The van der Waals surface area contributed by atoms with Crippen molar-refractivity contribution >= 4 is 23.1 Å². The predicted molar refractivity (Wildman–Crippen MR) is 94.0 cm³/mol. The molecule has 0 amide bonds. The summed E-state index contributed by atoms with van der Waals surface area (Å²) in [4.78, 5) is 14.2. The first-order valence-corrected chi connectivity index (χ1v) is 7.45. The summed E-state index contributed by atoms with van der Waals surface area (Å²) < 4.78 is 5.10. The Morgan fingerprint density at radius 3 is 2.30 bits per heavy atom. The fraction of sp³-hybridized carbons (Fsp3) is 0.222. The number of hydrogen-bond donors (Lipinski definition) is 1. The van der Waals surface area contributed by atoms with Crippen LogP contribution in [0.4, 0.5) is 11.4 Å². The standard InChI is InChI=1S/C18H21N3O2/c1-4-23-18(22)17(20-19-15-8-6-5-7-9-15)14-10-12-16(13-11-14)21(2)3/h5-13,19H,4H2,1-3H3/b20-17-. The van der Waals surface area contributed by atoms with Gasteiger partial charge in [0.25, 0.3) is 0 Å². The third kappa shape index (κ3) is 4.57. The zero-order chi connectivity index (χ0) is 16.7. The van der Waals surface area contributed by atoms with Crippen molar-refractivity contribution < 1.29 is 9.53 Å². The molecule has 0 aliphatic rings. The van der Waals surface area contributed by atoms with Crippen LogP contribution in [0.3, 0.4) is 0 Å². The molecular weight excluding hydrogens is 290 g/mol. The number of rotatable bonds is 6. The topological polar surface area (TPSA) is 53.9 Å². The highest BCUT2D eigenvalue weighted by atomic mass is 16.5. The largest absolute Gasteiger partial charge is 0.461 e. The number of carbonyl (C=O) groups is 1. The van der Waals surface area contributed by atoms with Gasteiger partial charge in [-0.2, -0.15) is 5.10 Å². The first kappa shape index (κ1) is 16.5. The molecule has 0 aliphatic carbocycles. The molecular formula is C18H21N3O2. The quantitative estimate of drug-likeness (QED) is 0.506. The number of ether oxygens (including phenoxy) is 1. The van der Waals surface area contributed by atoms with E-state index in [0.717, 1.165) is 11.4 Å². The minimum atomic E-state index is -0.450. The van der Waals surface area contributed by atoms with Crippen molar-refractivity contribution in [2.24, 2.45) is 5.10 Å². The number of anilines is 2. The Morgan fingerprint density at radius 1 is 1.09 bits per heavy atom. The van der Waals surface area contributed by atoms with Crippen molar-refractivity contribution in [1.29, 1.82) is 0 Å². The minimum Gasteiger partial charge on any atom is -0.461 e. The lowest BCUT2D eigenvalue weighted by atomic mass is 10.1. The van der Waals surface area contributed by atoms with Gasteiger partial charge in [-0.1, -0.05) is 30.3 Å². The molecule has 2 rings (SSSR count). The van der Waals surface area contributed by atoms with Crippen LogP contribution in [0.5, 0.6) is 0 Å². The second kappa shape index (κ2) is 7.98. The van der Waals surface area contributed by atoms with E-state index < -0.39 is 5.97 Å². The highest BCUT2D eigenvalue weighted by Crippen LogP contribution is 2.14. The third-order valence-corrected chi connectivity index (χ3v) is 3.20. The summed E-state index contributed by atoms with van der Waals surface area (Å²) >= 11 is 0. The van der Waals surface area contributed by atoms with E-state index in [4.69, 9.17) is 4.74 Å². The van der Waals surface area contributed by atoms with Crippen molar-refractivity contribution in [3.05, 3.63) is 60.2 Å². The molecule has 0 saturated heterocycles. The molecule has 0 saturated carbocycles. The Hall–Kier alpha value is -2.82. The zero-order valence-corrected chi connectivity index (χ0v) is 13.6. The monoisotopic (exact) mass is 311 g/mol. The fourth-order valence-electron chi connectivity index (χ4n) is 1.98. The Bertz CT molecular complexity index is 664. The van der Waals surface area contributed by atoms with Gasteiger partial charge in [0.1, 0.15) is 0 Å². The molecule has 120 valence electrons. The van der Waals surface area contributed by atoms with Crippen molar-refractivity contribution in [3.63, 3.8) is 0 Å². The molecule has 2 aromatic rings. The van der Waals surface area contributed by atoms with Gasteiger partial charge < -0.3 is 9.64 Å². The first-order chi connectivity index (χ1) is 11.1. The van der Waals surface area contributed by atoms with Gasteiger partial charge in [-0.15, -0.1) is 0 Å². The summed E-state index contributed by atoms with van der Waals surface area (Å²) in [6.07, 6.45) is 0. The average molecular weight is 311 g/mol. The number of nitrogens with zero attached hydrogens (tertiary/aromatic N) is 2. The highest BCUT2D eigenvalue weighted by molar-refractivity contribution is 6.43. The summed E-state index contributed by atoms with van der Waals surface area (Å²) in [5, 5.41) is 4.24. The molecule has 0 atom stereocenters. The van der Waals surface area contributed by atoms with Crippen molar-refractivity contribution in [2.45, 2.75) is 6.92 Å². The van der Waals surface area contributed by atoms with Crippen LogP contribution in [-0.2, 0) is 9.53 Å². The zero-order valence-electron chi connectivity index (χ0n) is 13.6. The maximum atomic E-state index is 12.2. The van der Waals surface area contributed by atoms with Crippen LogP contribution in [-0.4, -0.2) is 32.4 Å². The molecule has 0 aliphatic heterocycles. The second-order valence-corrected chi connectivity index (χ2v) is 5.10. The Morgan fingerprint density at radius 2 is 1.74 bits per heavy atom. The number of hydrogen-bond acceptors (Lipinski definition) is 5. The van der Waals surface area contributed by atoms with E-state index in [-0.39, 0.29) is 5.71 Å². The van der Waals surface area contributed by atoms with E-state index in [0.29, 0.717) is 12.2 Å². The van der Waals surface area contributed by atoms with E-state index in [2.05, 4.69) is 10.5 Å². The van der Waals surface area contributed by atoms with Gasteiger partial charge in [0, 0.05) is 25.3 Å². The number of para-hydroxylation sites is 1. The van der Waals surface area contributed by atoms with Crippen LogP contribution < -0.4 is 10.3 Å². The molecule has 0 unspecified atom stereocenters. The summed E-state index contributed by atoms with van der Waals surface area (Å²) in [6.45, 7) is 2.08. The van der Waals surface area contributed by atoms with E-state index in [1.165, 1.54) is 0 Å². The number of nitrogens with one attached hydrogen (secondary N) is 1. The lowest BCUT2D eigenvalue weighted by Gasteiger charge is -2.13. The summed E-state index contributed by atoms with van der Waals surface area (Å²) in [6, 6.07) is 17.1. The first-order valence-electron chi connectivity index (χ1n) is 7.45. The highest BCUT2D eigenvalue weighted by Gasteiger charge is 2.16. The van der Waals surface area contributed by atoms with E-state index in [1.54, 1.807) is 6.92 Å². The van der Waals surface area contributed by atoms with E-state index in [9.17, 15) is 4.79 Å². The Kier molecular flexibility index (Phi) is 5.74. The van der Waals surface area contributed by atoms with Crippen LogP contribution in [0.15, 0.2) is 59.7 Å². The second-order valence-electron chi connectivity index (χ2n) is 5.10. The van der Waals surface area contributed by atoms with Crippen LogP contribution in [0, 0.1) is 0 Å². The van der Waals surface area contributed by atoms with Gasteiger partial charge in [0.2, 0.25) is 0 Å². The van der Waals surface area contributed by atoms with Gasteiger partial charge in [-0.05, 0) is 31.2 Å². The Labute approximate surface area is 136 Å². The predicted octanol–water partition coefficient (Wildman–Crippen LogP) is 3.13. The summed E-state index contributed by atoms with van der Waals surface area (Å²) in [7, 11) is 3.93. The van der Waals surface area contributed by atoms with E-state index in [1.807, 2.05) is 73.6 Å². The molecule has 0 bridgehead atoms. The van der Waals surface area contributed by atoms with E-state index >= 15 is 0 Å². The van der Waals surface area contributed by atoms with Crippen molar-refractivity contribution in [1.82, 2.24) is 0 Å². The van der Waals surface area contributed by atoms with Crippen LogP contribution >= 0.6 is 0 Å². The molecule has 0 spiro atoms. The van der Waals surface area contributed by atoms with Gasteiger partial charge in [-0.25, -0.2) is 4.79 Å². The summed E-state index contributed by atoms with van der Waals surface area (Å²) in [5.41, 5.74) is 5.71. The summed E-state index contributed by atoms with van der Waals surface area (Å²) in [5.74, 6) is -0.450. The Balaban J connectivity index is 2.28. The molecule has 23 heavy (non-hydrogen) atoms. The minimum absolute atomic E-state index is 0.251. The van der Waals surface area contributed by atoms with Crippen LogP contribution in [0.2, 0.25) is 0 Å². The molecule has 0 fully saturated rings. The van der Waals surface area contributed by atoms with Crippen molar-refractivity contribution in [3.8, 4) is 0 Å². The number of esters is 1. The molecule has 0 heterocycles. The van der Waals surface area contributed by atoms with Gasteiger partial charge >= 0.3 is 5.97 Å². The van der Waals surface area contributed by atoms with Crippen LogP contribution in [0.1, 0.15) is 12.5 Å². The molecule has 5 heteroatoms. The van der Waals surface area contributed by atoms with Gasteiger partial charge in [0.15, 0.2) is 5.71 Å². The maximum absolute atomic E-state index is 12.2. The molecule has 2 aromatic carbocycles. The van der Waals surface area contributed by atoms with Gasteiger partial charge in [-0.3, -0.25) is 5.43 Å². The molecule has 5 nitrogen and oxygen atoms in total. The van der Waals surface area contributed by atoms with Crippen molar-refractivity contribution in [2.75, 3.05) is 31.0 Å². The third-order valence-electron chi connectivity index (χ3n) is 3.20. The molecule has 0 radical (unpaired) electrons. The number of hydrazone groups is 1.